The van der Waals surface area contributed by atoms with E-state index in [1.165, 1.54) is 17.8 Å². The Hall–Kier alpha value is -2.54. The minimum atomic E-state index is -0.542. The maximum absolute atomic E-state index is 10.7. The monoisotopic (exact) mass is 286 g/mol. The number of para-hydroxylation sites is 1. The van der Waals surface area contributed by atoms with Crippen molar-refractivity contribution in [1.82, 2.24) is 9.97 Å². The van der Waals surface area contributed by atoms with Crippen LogP contribution in [0.5, 0.6) is 0 Å². The molecule has 3 aromatic rings. The Bertz CT molecular complexity index is 767. The van der Waals surface area contributed by atoms with Crippen molar-refractivity contribution in [2.45, 2.75) is 10.1 Å². The number of nitrogen functional groups attached to an aromatic ring is 1. The summed E-state index contributed by atoms with van der Waals surface area (Å²) >= 11 is 1.38. The Morgan fingerprint density at radius 3 is 2.75 bits per heavy atom. The topological polar surface area (TPSA) is 97.8 Å². The van der Waals surface area contributed by atoms with E-state index in [4.69, 9.17) is 5.73 Å². The summed E-state index contributed by atoms with van der Waals surface area (Å²) < 4.78 is 0. The molecule has 20 heavy (non-hydrogen) atoms. The third kappa shape index (κ3) is 2.30. The second kappa shape index (κ2) is 4.86. The van der Waals surface area contributed by atoms with Crippen LogP contribution in [0, 0.1) is 10.1 Å². The van der Waals surface area contributed by atoms with Gasteiger partial charge in [-0.1, -0.05) is 30.0 Å². The van der Waals surface area contributed by atoms with Crippen LogP contribution in [0.4, 0.5) is 11.5 Å². The van der Waals surface area contributed by atoms with Gasteiger partial charge in [-0.3, -0.25) is 10.1 Å². The number of aromatic amines is 1. The van der Waals surface area contributed by atoms with Crippen molar-refractivity contribution in [2.75, 3.05) is 5.73 Å². The smallest absolute Gasteiger partial charge is 0.311 e. The second-order valence-corrected chi connectivity index (χ2v) is 5.20. The zero-order valence-electron chi connectivity index (χ0n) is 10.2. The largest absolute Gasteiger partial charge is 0.378 e. The minimum Gasteiger partial charge on any atom is -0.378 e. The van der Waals surface area contributed by atoms with E-state index in [0.29, 0.717) is 5.03 Å². The van der Waals surface area contributed by atoms with Gasteiger partial charge < -0.3 is 10.7 Å². The molecule has 0 saturated heterocycles. The standard InChI is InChI=1S/C13H10N4O2S/c14-13-10(17(18)19)5-6-11(16-13)20-12-7-8-3-1-2-4-9(8)15-12/h1-7,15H,(H2,14,16). The first-order valence-electron chi connectivity index (χ1n) is 5.80. The molecule has 2 heterocycles. The number of hydrogen-bond acceptors (Lipinski definition) is 5. The number of rotatable bonds is 3. The molecule has 0 unspecified atom stereocenters. The van der Waals surface area contributed by atoms with E-state index in [1.807, 2.05) is 30.3 Å². The molecular weight excluding hydrogens is 276 g/mol. The Morgan fingerprint density at radius 2 is 2.05 bits per heavy atom. The first-order valence-corrected chi connectivity index (χ1v) is 6.61. The van der Waals surface area contributed by atoms with Crippen molar-refractivity contribution in [3.8, 4) is 0 Å². The number of fused-ring (bicyclic) bond motifs is 1. The van der Waals surface area contributed by atoms with Gasteiger partial charge in [-0.2, -0.15) is 0 Å². The van der Waals surface area contributed by atoms with Gasteiger partial charge in [-0.05, 0) is 18.2 Å². The average molecular weight is 286 g/mol. The number of H-pyrrole nitrogens is 1. The van der Waals surface area contributed by atoms with Gasteiger partial charge >= 0.3 is 5.69 Å². The van der Waals surface area contributed by atoms with Crippen LogP contribution in [-0.2, 0) is 0 Å². The van der Waals surface area contributed by atoms with Gasteiger partial charge in [0, 0.05) is 17.0 Å². The number of aromatic nitrogens is 2. The molecule has 3 N–H and O–H groups in total. The van der Waals surface area contributed by atoms with E-state index in [-0.39, 0.29) is 11.5 Å². The third-order valence-corrected chi connectivity index (χ3v) is 3.67. The Morgan fingerprint density at radius 1 is 1.25 bits per heavy atom. The van der Waals surface area contributed by atoms with Crippen molar-refractivity contribution in [3.05, 3.63) is 52.6 Å². The second-order valence-electron chi connectivity index (χ2n) is 4.13. The fraction of sp³-hybridized carbons (Fsp3) is 0. The van der Waals surface area contributed by atoms with Crippen LogP contribution in [-0.4, -0.2) is 14.9 Å². The molecule has 6 nitrogen and oxygen atoms in total. The van der Waals surface area contributed by atoms with Gasteiger partial charge in [-0.15, -0.1) is 0 Å². The maximum Gasteiger partial charge on any atom is 0.311 e. The van der Waals surface area contributed by atoms with E-state index in [2.05, 4.69) is 9.97 Å². The highest BCUT2D eigenvalue weighted by atomic mass is 32.2. The Labute approximate surface area is 118 Å². The number of nitrogens with one attached hydrogen (secondary N) is 1. The molecule has 3 rings (SSSR count). The first kappa shape index (κ1) is 12.5. The number of benzene rings is 1. The molecule has 2 aromatic heterocycles. The molecule has 0 fully saturated rings. The zero-order chi connectivity index (χ0) is 14.1. The molecule has 0 aliphatic rings. The zero-order valence-corrected chi connectivity index (χ0v) is 11.1. The molecule has 0 bridgehead atoms. The summed E-state index contributed by atoms with van der Waals surface area (Å²) in [7, 11) is 0. The van der Waals surface area contributed by atoms with Crippen LogP contribution in [0.3, 0.4) is 0 Å². The highest BCUT2D eigenvalue weighted by molar-refractivity contribution is 7.99. The van der Waals surface area contributed by atoms with E-state index in [9.17, 15) is 10.1 Å². The summed E-state index contributed by atoms with van der Waals surface area (Å²) in [5.74, 6) is -0.0730. The summed E-state index contributed by atoms with van der Waals surface area (Å²) in [6, 6.07) is 12.9. The summed E-state index contributed by atoms with van der Waals surface area (Å²) in [4.78, 5) is 17.4. The average Bonchev–Trinajstić information content (AvgIpc) is 2.80. The molecule has 0 amide bonds. The van der Waals surface area contributed by atoms with Crippen LogP contribution in [0.15, 0.2) is 52.5 Å². The summed E-state index contributed by atoms with van der Waals surface area (Å²) in [5.41, 5.74) is 6.43. The predicted octanol–water partition coefficient (Wildman–Crippen LogP) is 3.20. The van der Waals surface area contributed by atoms with Gasteiger partial charge in [-0.25, -0.2) is 4.98 Å². The van der Waals surface area contributed by atoms with Crippen LogP contribution in [0.2, 0.25) is 0 Å². The van der Waals surface area contributed by atoms with Gasteiger partial charge in [0.1, 0.15) is 5.03 Å². The quantitative estimate of drug-likeness (QED) is 0.569. The molecule has 0 atom stereocenters. The van der Waals surface area contributed by atoms with Gasteiger partial charge in [0.15, 0.2) is 0 Å². The normalized spacial score (nSPS) is 10.8. The van der Waals surface area contributed by atoms with Gasteiger partial charge in [0.25, 0.3) is 0 Å². The van der Waals surface area contributed by atoms with Crippen LogP contribution in [0.25, 0.3) is 10.9 Å². The fourth-order valence-electron chi connectivity index (χ4n) is 1.87. The number of hydrogen-bond donors (Lipinski definition) is 2. The molecule has 0 aliphatic heterocycles. The van der Waals surface area contributed by atoms with E-state index < -0.39 is 4.92 Å². The molecule has 7 heteroatoms. The molecule has 0 aliphatic carbocycles. The summed E-state index contributed by atoms with van der Waals surface area (Å²) in [6.07, 6.45) is 0. The van der Waals surface area contributed by atoms with Crippen molar-refractivity contribution in [2.24, 2.45) is 0 Å². The lowest BCUT2D eigenvalue weighted by Gasteiger charge is -2.00. The Balaban J connectivity index is 1.90. The maximum atomic E-state index is 10.7. The Kier molecular flexibility index (Phi) is 3.03. The van der Waals surface area contributed by atoms with Crippen molar-refractivity contribution >= 4 is 34.2 Å². The molecule has 100 valence electrons. The number of nitro groups is 1. The molecule has 0 saturated carbocycles. The van der Waals surface area contributed by atoms with E-state index in [1.54, 1.807) is 6.07 Å². The van der Waals surface area contributed by atoms with Crippen LogP contribution < -0.4 is 5.73 Å². The summed E-state index contributed by atoms with van der Waals surface area (Å²) in [5, 5.41) is 13.3. The lowest BCUT2D eigenvalue weighted by molar-refractivity contribution is -0.384. The van der Waals surface area contributed by atoms with Crippen molar-refractivity contribution < 1.29 is 4.92 Å². The number of nitrogens with zero attached hydrogens (tertiary/aromatic N) is 2. The predicted molar refractivity (Wildman–Crippen MR) is 77.7 cm³/mol. The van der Waals surface area contributed by atoms with E-state index >= 15 is 0 Å². The SMILES string of the molecule is Nc1nc(Sc2cc3ccccc3[nH]2)ccc1[N+](=O)[O-]. The highest BCUT2D eigenvalue weighted by Gasteiger charge is 2.13. The lowest BCUT2D eigenvalue weighted by Crippen LogP contribution is -1.98. The molecule has 0 spiro atoms. The minimum absolute atomic E-state index is 0.0730. The highest BCUT2D eigenvalue weighted by Crippen LogP contribution is 2.31. The number of nitrogens with two attached hydrogens (primary N) is 1. The van der Waals surface area contributed by atoms with Crippen molar-refractivity contribution in [1.29, 1.82) is 0 Å². The summed E-state index contributed by atoms with van der Waals surface area (Å²) in [6.45, 7) is 0. The molecule has 0 radical (unpaired) electrons. The van der Waals surface area contributed by atoms with Crippen molar-refractivity contribution in [3.63, 3.8) is 0 Å². The van der Waals surface area contributed by atoms with Gasteiger partial charge in [0.05, 0.1) is 9.95 Å². The van der Waals surface area contributed by atoms with Crippen LogP contribution in [0.1, 0.15) is 0 Å². The molecule has 1 aromatic carbocycles. The van der Waals surface area contributed by atoms with E-state index in [0.717, 1.165) is 15.9 Å². The van der Waals surface area contributed by atoms with Crippen LogP contribution >= 0.6 is 11.8 Å². The third-order valence-electron chi connectivity index (χ3n) is 2.79. The van der Waals surface area contributed by atoms with Gasteiger partial charge in [0.2, 0.25) is 5.82 Å². The number of anilines is 1. The fourth-order valence-corrected chi connectivity index (χ4v) is 2.73. The lowest BCUT2D eigenvalue weighted by atomic mass is 10.3. The molecular formula is C13H10N4O2S. The first-order chi connectivity index (χ1) is 9.63. The number of pyridine rings is 1.